The zero-order valence-electron chi connectivity index (χ0n) is 10.1. The molecule has 0 saturated carbocycles. The van der Waals surface area contributed by atoms with Crippen molar-refractivity contribution in [3.8, 4) is 0 Å². The predicted molar refractivity (Wildman–Crippen MR) is 66.3 cm³/mol. The minimum absolute atomic E-state index is 0.779. The van der Waals surface area contributed by atoms with E-state index in [2.05, 4.69) is 48.0 Å². The third-order valence-electron chi connectivity index (χ3n) is 2.40. The van der Waals surface area contributed by atoms with Crippen molar-refractivity contribution in [2.75, 3.05) is 14.1 Å². The molecule has 0 bridgehead atoms. The third kappa shape index (κ3) is 3.74. The Hall–Kier alpha value is -1.31. The van der Waals surface area contributed by atoms with Gasteiger partial charge in [0.05, 0.1) is 12.4 Å². The summed E-state index contributed by atoms with van der Waals surface area (Å²) < 4.78 is 0. The normalized spacial score (nSPS) is 11.6. The highest BCUT2D eigenvalue weighted by molar-refractivity contribution is 5.81. The van der Waals surface area contributed by atoms with E-state index in [1.54, 1.807) is 0 Å². The van der Waals surface area contributed by atoms with E-state index in [4.69, 9.17) is 0 Å². The van der Waals surface area contributed by atoms with Gasteiger partial charge in [-0.1, -0.05) is 36.8 Å². The van der Waals surface area contributed by atoms with Gasteiger partial charge >= 0.3 is 0 Å². The molecule has 0 heterocycles. The van der Waals surface area contributed by atoms with Gasteiger partial charge in [-0.2, -0.15) is 0 Å². The van der Waals surface area contributed by atoms with Crippen molar-refractivity contribution >= 4 is 5.84 Å². The summed E-state index contributed by atoms with van der Waals surface area (Å²) in [7, 11) is 4.08. The van der Waals surface area contributed by atoms with Crippen molar-refractivity contribution in [1.29, 1.82) is 0 Å². The third-order valence-corrected chi connectivity index (χ3v) is 2.40. The van der Waals surface area contributed by atoms with Crippen LogP contribution < -0.4 is 0 Å². The Morgan fingerprint density at radius 2 is 1.80 bits per heavy atom. The lowest BCUT2D eigenvalue weighted by atomic mass is 10.1. The van der Waals surface area contributed by atoms with Crippen molar-refractivity contribution in [2.45, 2.75) is 26.8 Å². The van der Waals surface area contributed by atoms with Crippen molar-refractivity contribution in [3.63, 3.8) is 0 Å². The second kappa shape index (κ2) is 5.54. The van der Waals surface area contributed by atoms with Gasteiger partial charge in [0.25, 0.3) is 0 Å². The molecule has 0 aliphatic rings. The van der Waals surface area contributed by atoms with E-state index in [0.29, 0.717) is 0 Å². The van der Waals surface area contributed by atoms with Crippen molar-refractivity contribution in [2.24, 2.45) is 4.99 Å². The Morgan fingerprint density at radius 1 is 1.20 bits per heavy atom. The van der Waals surface area contributed by atoms with E-state index in [0.717, 1.165) is 18.8 Å². The molecule has 0 aromatic heterocycles. The molecule has 0 fully saturated rings. The molecule has 1 aromatic rings. The lowest BCUT2D eigenvalue weighted by molar-refractivity contribution is 0.602. The fourth-order valence-electron chi connectivity index (χ4n) is 1.45. The number of rotatable bonds is 3. The summed E-state index contributed by atoms with van der Waals surface area (Å²) in [6.45, 7) is 5.01. The molecule has 1 aromatic carbocycles. The van der Waals surface area contributed by atoms with Crippen LogP contribution in [0.15, 0.2) is 29.3 Å². The zero-order valence-corrected chi connectivity index (χ0v) is 10.1. The van der Waals surface area contributed by atoms with Gasteiger partial charge in [0.2, 0.25) is 0 Å². The fourth-order valence-corrected chi connectivity index (χ4v) is 1.45. The van der Waals surface area contributed by atoms with E-state index in [9.17, 15) is 0 Å². The molecule has 0 unspecified atom stereocenters. The Morgan fingerprint density at radius 3 is 2.27 bits per heavy atom. The summed E-state index contributed by atoms with van der Waals surface area (Å²) in [5.74, 6) is 1.15. The van der Waals surface area contributed by atoms with E-state index >= 15 is 0 Å². The summed E-state index contributed by atoms with van der Waals surface area (Å²) in [4.78, 5) is 6.66. The van der Waals surface area contributed by atoms with Crippen LogP contribution in [0.25, 0.3) is 0 Å². The molecule has 0 amide bonds. The van der Waals surface area contributed by atoms with Gasteiger partial charge in [-0.05, 0) is 12.5 Å². The van der Waals surface area contributed by atoms with Gasteiger partial charge in [0, 0.05) is 20.5 Å². The van der Waals surface area contributed by atoms with Gasteiger partial charge in [-0.15, -0.1) is 0 Å². The number of aliphatic imine (C=N–C) groups is 1. The van der Waals surface area contributed by atoms with E-state index in [1.807, 2.05) is 14.1 Å². The number of hydrogen-bond acceptors (Lipinski definition) is 1. The molecule has 0 aliphatic carbocycles. The largest absolute Gasteiger partial charge is 0.366 e. The highest BCUT2D eigenvalue weighted by Crippen LogP contribution is 2.05. The fraction of sp³-hybridized carbons (Fsp3) is 0.462. The molecule has 15 heavy (non-hydrogen) atoms. The average Bonchev–Trinajstić information content (AvgIpc) is 2.21. The second-order valence-corrected chi connectivity index (χ2v) is 3.97. The first-order chi connectivity index (χ1) is 7.13. The Balaban J connectivity index is 2.66. The van der Waals surface area contributed by atoms with Crippen LogP contribution in [0.4, 0.5) is 0 Å². The van der Waals surface area contributed by atoms with Crippen LogP contribution in [-0.2, 0) is 6.54 Å². The number of amidine groups is 1. The molecule has 0 atom stereocenters. The topological polar surface area (TPSA) is 15.6 Å². The van der Waals surface area contributed by atoms with Gasteiger partial charge < -0.3 is 4.90 Å². The number of hydrogen-bond donors (Lipinski definition) is 0. The minimum atomic E-state index is 0.779. The average molecular weight is 204 g/mol. The maximum atomic E-state index is 4.58. The van der Waals surface area contributed by atoms with Crippen molar-refractivity contribution < 1.29 is 0 Å². The zero-order chi connectivity index (χ0) is 11.3. The highest BCUT2D eigenvalue weighted by Gasteiger charge is 1.97. The van der Waals surface area contributed by atoms with Crippen LogP contribution in [0.1, 0.15) is 24.5 Å². The summed E-state index contributed by atoms with van der Waals surface area (Å²) >= 11 is 0. The van der Waals surface area contributed by atoms with Crippen molar-refractivity contribution in [1.82, 2.24) is 4.90 Å². The SMILES string of the molecule is CCC(=NCc1ccc(C)cc1)N(C)C. The molecule has 2 nitrogen and oxygen atoms in total. The maximum absolute atomic E-state index is 4.58. The van der Waals surface area contributed by atoms with Crippen molar-refractivity contribution in [3.05, 3.63) is 35.4 Å². The minimum Gasteiger partial charge on any atom is -0.366 e. The first kappa shape index (κ1) is 11.8. The van der Waals surface area contributed by atoms with Crippen LogP contribution in [0.5, 0.6) is 0 Å². The van der Waals surface area contributed by atoms with Crippen LogP contribution in [0.2, 0.25) is 0 Å². The number of benzene rings is 1. The van der Waals surface area contributed by atoms with Gasteiger partial charge in [-0.25, -0.2) is 0 Å². The standard InChI is InChI=1S/C13H20N2/c1-5-13(15(3)4)14-10-12-8-6-11(2)7-9-12/h6-9H,5,10H2,1-4H3. The van der Waals surface area contributed by atoms with Crippen LogP contribution in [-0.4, -0.2) is 24.8 Å². The van der Waals surface area contributed by atoms with Crippen LogP contribution >= 0.6 is 0 Å². The summed E-state index contributed by atoms with van der Waals surface area (Å²) in [6.07, 6.45) is 0.985. The van der Waals surface area contributed by atoms with Gasteiger partial charge in [0.1, 0.15) is 0 Å². The smallest absolute Gasteiger partial charge is 0.0985 e. The molecule has 2 heteroatoms. The quantitative estimate of drug-likeness (QED) is 0.546. The van der Waals surface area contributed by atoms with Gasteiger partial charge in [0.15, 0.2) is 0 Å². The molecule has 0 N–H and O–H groups in total. The first-order valence-electron chi connectivity index (χ1n) is 5.39. The van der Waals surface area contributed by atoms with E-state index in [-0.39, 0.29) is 0 Å². The molecular formula is C13H20N2. The van der Waals surface area contributed by atoms with Crippen LogP contribution in [0.3, 0.4) is 0 Å². The Kier molecular flexibility index (Phi) is 4.35. The Bertz CT molecular complexity index is 323. The molecular weight excluding hydrogens is 184 g/mol. The van der Waals surface area contributed by atoms with Gasteiger partial charge in [-0.3, -0.25) is 4.99 Å². The first-order valence-corrected chi connectivity index (χ1v) is 5.39. The summed E-state index contributed by atoms with van der Waals surface area (Å²) in [5.41, 5.74) is 2.57. The lowest BCUT2D eigenvalue weighted by Gasteiger charge is -2.13. The Labute approximate surface area is 92.6 Å². The highest BCUT2D eigenvalue weighted by atomic mass is 15.1. The molecule has 0 radical (unpaired) electrons. The predicted octanol–water partition coefficient (Wildman–Crippen LogP) is 2.87. The number of nitrogens with zero attached hydrogens (tertiary/aromatic N) is 2. The summed E-state index contributed by atoms with van der Waals surface area (Å²) in [5, 5.41) is 0. The molecule has 0 aliphatic heterocycles. The van der Waals surface area contributed by atoms with Crippen LogP contribution in [0, 0.1) is 6.92 Å². The lowest BCUT2D eigenvalue weighted by Crippen LogP contribution is -2.21. The molecule has 0 spiro atoms. The molecule has 82 valence electrons. The molecule has 0 saturated heterocycles. The number of aryl methyl sites for hydroxylation is 1. The van der Waals surface area contributed by atoms with E-state index in [1.165, 1.54) is 11.1 Å². The maximum Gasteiger partial charge on any atom is 0.0985 e. The summed E-state index contributed by atoms with van der Waals surface area (Å²) in [6, 6.07) is 8.54. The molecule has 1 rings (SSSR count). The monoisotopic (exact) mass is 204 g/mol. The van der Waals surface area contributed by atoms with E-state index < -0.39 is 0 Å². The second-order valence-electron chi connectivity index (χ2n) is 3.97.